The van der Waals surface area contributed by atoms with Crippen LogP contribution in [0.3, 0.4) is 0 Å². The largest absolute Gasteiger partial charge is 0.379 e. The molecule has 0 aliphatic heterocycles. The molecule has 1 amide bonds. The number of nitrogens with zero attached hydrogens (tertiary/aromatic N) is 1. The first-order chi connectivity index (χ1) is 12.2. The predicted molar refractivity (Wildman–Crippen MR) is 122 cm³/mol. The van der Waals surface area contributed by atoms with Gasteiger partial charge in [-0.25, -0.2) is 0 Å². The third kappa shape index (κ3) is 11.6. The maximum Gasteiger partial charge on any atom is 0.225 e. The Bertz CT molecular complexity index is 503. The lowest BCUT2D eigenvalue weighted by atomic mass is 9.87. The van der Waals surface area contributed by atoms with Gasteiger partial charge in [0.1, 0.15) is 0 Å². The summed E-state index contributed by atoms with van der Waals surface area (Å²) in [5, 5.41) is 0. The van der Waals surface area contributed by atoms with Crippen molar-refractivity contribution in [1.82, 2.24) is 4.90 Å². The van der Waals surface area contributed by atoms with Gasteiger partial charge in [0.05, 0.1) is 24.2 Å². The van der Waals surface area contributed by atoms with E-state index >= 15 is 0 Å². The highest BCUT2D eigenvalue weighted by Crippen LogP contribution is 2.32. The van der Waals surface area contributed by atoms with Crippen LogP contribution in [0, 0.1) is 0 Å². The summed E-state index contributed by atoms with van der Waals surface area (Å²) in [6, 6.07) is 0. The fourth-order valence-electron chi connectivity index (χ4n) is 3.39. The van der Waals surface area contributed by atoms with Crippen molar-refractivity contribution in [2.45, 2.75) is 116 Å². The van der Waals surface area contributed by atoms with E-state index in [1.54, 1.807) is 7.11 Å². The molecule has 0 spiro atoms. The first-order valence-electron chi connectivity index (χ1n) is 10.2. The second kappa shape index (κ2) is 9.67. The molecule has 0 rings (SSSR count). The van der Waals surface area contributed by atoms with E-state index < -0.39 is 11.1 Å². The summed E-state index contributed by atoms with van der Waals surface area (Å²) in [5.41, 5.74) is 4.63. The molecule has 0 bridgehead atoms. The van der Waals surface area contributed by atoms with Gasteiger partial charge in [-0.2, -0.15) is 12.6 Å². The van der Waals surface area contributed by atoms with Crippen molar-refractivity contribution in [2.24, 2.45) is 5.73 Å². The van der Waals surface area contributed by atoms with Crippen LogP contribution in [0.5, 0.6) is 0 Å². The van der Waals surface area contributed by atoms with Crippen molar-refractivity contribution in [3.05, 3.63) is 0 Å². The SMILES string of the molecule is COC(C)(C)CCOC(C)(C)CC(=O)N(CC(C)(C)N)C(C)(C)CC(C)(C)S. The Morgan fingerprint density at radius 2 is 1.46 bits per heavy atom. The molecule has 168 valence electrons. The highest BCUT2D eigenvalue weighted by atomic mass is 32.1. The molecule has 5 nitrogen and oxygen atoms in total. The molecule has 0 fully saturated rings. The van der Waals surface area contributed by atoms with Gasteiger partial charge in [0.15, 0.2) is 0 Å². The molecule has 0 saturated carbocycles. The number of nitrogens with two attached hydrogens (primary N) is 1. The van der Waals surface area contributed by atoms with Gasteiger partial charge in [0.2, 0.25) is 5.91 Å². The van der Waals surface area contributed by atoms with E-state index in [9.17, 15) is 4.79 Å². The van der Waals surface area contributed by atoms with Crippen LogP contribution >= 0.6 is 12.6 Å². The standard InChI is InChI=1S/C22H46N2O3S/c1-18(2,23)16-24(19(3,4)15-22(9,10)28)17(25)14-21(7,8)27-13-12-20(5,6)26-11/h28H,12-16,23H2,1-11H3. The Hall–Kier alpha value is -0.300. The van der Waals surface area contributed by atoms with E-state index in [-0.39, 0.29) is 21.8 Å². The van der Waals surface area contributed by atoms with Gasteiger partial charge < -0.3 is 20.1 Å². The van der Waals surface area contributed by atoms with Gasteiger partial charge in [-0.3, -0.25) is 4.79 Å². The second-order valence-corrected chi connectivity index (χ2v) is 12.5. The Labute approximate surface area is 179 Å². The molecule has 0 atom stereocenters. The van der Waals surface area contributed by atoms with Gasteiger partial charge in [-0.1, -0.05) is 13.8 Å². The van der Waals surface area contributed by atoms with E-state index in [1.165, 1.54) is 0 Å². The molecule has 0 radical (unpaired) electrons. The molecule has 0 aliphatic rings. The number of carbonyl (C=O) groups is 1. The van der Waals surface area contributed by atoms with Crippen LogP contribution < -0.4 is 5.73 Å². The highest BCUT2D eigenvalue weighted by molar-refractivity contribution is 7.81. The molecular formula is C22H46N2O3S. The Morgan fingerprint density at radius 3 is 1.86 bits per heavy atom. The maximum absolute atomic E-state index is 13.3. The fraction of sp³-hybridized carbons (Fsp3) is 0.955. The summed E-state index contributed by atoms with van der Waals surface area (Å²) in [4.78, 5) is 15.2. The minimum atomic E-state index is -0.565. The molecule has 2 N–H and O–H groups in total. The minimum Gasteiger partial charge on any atom is -0.379 e. The summed E-state index contributed by atoms with van der Waals surface area (Å²) in [6.45, 7) is 21.2. The van der Waals surface area contributed by atoms with E-state index in [2.05, 4.69) is 40.3 Å². The smallest absolute Gasteiger partial charge is 0.225 e. The average molecular weight is 419 g/mol. The average Bonchev–Trinajstić information content (AvgIpc) is 2.40. The number of hydrogen-bond donors (Lipinski definition) is 2. The molecule has 0 aromatic heterocycles. The molecule has 0 saturated heterocycles. The van der Waals surface area contributed by atoms with Gasteiger partial charge in [-0.05, 0) is 68.2 Å². The van der Waals surface area contributed by atoms with E-state index in [0.29, 0.717) is 19.6 Å². The van der Waals surface area contributed by atoms with Gasteiger partial charge in [0.25, 0.3) is 0 Å². The van der Waals surface area contributed by atoms with Crippen LogP contribution in [0.2, 0.25) is 0 Å². The number of methoxy groups -OCH3 is 1. The lowest BCUT2D eigenvalue weighted by Crippen LogP contribution is -2.58. The van der Waals surface area contributed by atoms with Gasteiger partial charge in [-0.15, -0.1) is 0 Å². The first-order valence-corrected chi connectivity index (χ1v) is 10.7. The second-order valence-electron chi connectivity index (χ2n) is 11.3. The van der Waals surface area contributed by atoms with Crippen LogP contribution in [0.15, 0.2) is 0 Å². The van der Waals surface area contributed by atoms with Crippen molar-refractivity contribution < 1.29 is 14.3 Å². The molecule has 0 aromatic carbocycles. The molecular weight excluding hydrogens is 372 g/mol. The maximum atomic E-state index is 13.3. The van der Waals surface area contributed by atoms with Crippen LogP contribution in [0.1, 0.15) is 88.5 Å². The number of thiol groups is 1. The fourth-order valence-corrected chi connectivity index (χ4v) is 3.77. The minimum absolute atomic E-state index is 0.0529. The zero-order chi connectivity index (χ0) is 22.6. The zero-order valence-electron chi connectivity index (χ0n) is 20.2. The van der Waals surface area contributed by atoms with Crippen molar-refractivity contribution in [3.63, 3.8) is 0 Å². The van der Waals surface area contributed by atoms with Gasteiger partial charge >= 0.3 is 0 Å². The summed E-state index contributed by atoms with van der Waals surface area (Å²) >= 11 is 4.69. The summed E-state index contributed by atoms with van der Waals surface area (Å²) in [7, 11) is 1.70. The van der Waals surface area contributed by atoms with E-state index in [1.807, 2.05) is 46.4 Å². The molecule has 0 heterocycles. The number of carbonyl (C=O) groups excluding carboxylic acids is 1. The first kappa shape index (κ1) is 27.7. The summed E-state index contributed by atoms with van der Waals surface area (Å²) in [6.07, 6.45) is 1.82. The number of ether oxygens (including phenoxy) is 2. The number of hydrogen-bond acceptors (Lipinski definition) is 5. The van der Waals surface area contributed by atoms with Crippen LogP contribution in [-0.4, -0.2) is 58.1 Å². The van der Waals surface area contributed by atoms with Crippen molar-refractivity contribution in [3.8, 4) is 0 Å². The van der Waals surface area contributed by atoms with E-state index in [4.69, 9.17) is 15.2 Å². The molecule has 28 heavy (non-hydrogen) atoms. The lowest BCUT2D eigenvalue weighted by Gasteiger charge is -2.45. The van der Waals surface area contributed by atoms with Crippen molar-refractivity contribution in [1.29, 1.82) is 0 Å². The predicted octanol–water partition coefficient (Wildman–Crippen LogP) is 4.43. The highest BCUT2D eigenvalue weighted by Gasteiger charge is 2.39. The summed E-state index contributed by atoms with van der Waals surface area (Å²) in [5.74, 6) is 0.0529. The zero-order valence-corrected chi connectivity index (χ0v) is 21.1. The van der Waals surface area contributed by atoms with Gasteiger partial charge in [0, 0.05) is 29.5 Å². The topological polar surface area (TPSA) is 64.8 Å². The van der Waals surface area contributed by atoms with Crippen molar-refractivity contribution >= 4 is 18.5 Å². The van der Waals surface area contributed by atoms with Crippen molar-refractivity contribution in [2.75, 3.05) is 20.3 Å². The Kier molecular flexibility index (Phi) is 9.57. The quantitative estimate of drug-likeness (QED) is 0.460. The molecule has 0 unspecified atom stereocenters. The van der Waals surface area contributed by atoms with Crippen LogP contribution in [0.25, 0.3) is 0 Å². The third-order valence-corrected chi connectivity index (χ3v) is 4.95. The third-order valence-electron chi connectivity index (χ3n) is 4.79. The van der Waals surface area contributed by atoms with Crippen LogP contribution in [-0.2, 0) is 14.3 Å². The monoisotopic (exact) mass is 418 g/mol. The summed E-state index contributed by atoms with van der Waals surface area (Å²) < 4.78 is 11.3. The van der Waals surface area contributed by atoms with E-state index in [0.717, 1.165) is 12.8 Å². The lowest BCUT2D eigenvalue weighted by molar-refractivity contribution is -0.145. The number of amides is 1. The Morgan fingerprint density at radius 1 is 0.964 bits per heavy atom. The normalized spacial score (nSPS) is 14.3. The molecule has 6 heteroatoms. The molecule has 0 aromatic rings. The number of rotatable bonds is 12. The molecule has 0 aliphatic carbocycles. The van der Waals surface area contributed by atoms with Crippen LogP contribution in [0.4, 0.5) is 0 Å². The Balaban J connectivity index is 5.28.